The first kappa shape index (κ1) is 13.7. The molecule has 0 amide bonds. The monoisotopic (exact) mass is 281 g/mol. The van der Waals surface area contributed by atoms with Gasteiger partial charge in [-0.25, -0.2) is 4.39 Å². The van der Waals surface area contributed by atoms with Crippen LogP contribution in [0.15, 0.2) is 66.7 Å². The van der Waals surface area contributed by atoms with Crippen LogP contribution < -0.4 is 5.73 Å². The quantitative estimate of drug-likeness (QED) is 0.768. The number of benzene rings is 3. The van der Waals surface area contributed by atoms with Crippen molar-refractivity contribution < 1.29 is 9.50 Å². The highest BCUT2D eigenvalue weighted by Gasteiger charge is 2.20. The summed E-state index contributed by atoms with van der Waals surface area (Å²) < 4.78 is 13.0. The van der Waals surface area contributed by atoms with E-state index in [0.717, 1.165) is 16.3 Å². The molecule has 106 valence electrons. The molecule has 3 rings (SSSR count). The smallest absolute Gasteiger partial charge is 0.123 e. The molecule has 3 aromatic carbocycles. The number of hydrogen-bond donors (Lipinski definition) is 2. The summed E-state index contributed by atoms with van der Waals surface area (Å²) in [5.74, 6) is -0.314. The van der Waals surface area contributed by atoms with Crippen LogP contribution in [0.1, 0.15) is 23.3 Å². The molecule has 0 aliphatic carbocycles. The maximum atomic E-state index is 13.0. The summed E-state index contributed by atoms with van der Waals surface area (Å²) >= 11 is 0. The van der Waals surface area contributed by atoms with Crippen molar-refractivity contribution in [2.24, 2.45) is 5.73 Å². The largest absolute Gasteiger partial charge is 0.386 e. The Bertz CT molecular complexity index is 749. The standard InChI is InChI=1S/C18H16FNO/c19-14-10-8-13(9-11-14)17(20)18(21)16-7-3-5-12-4-1-2-6-15(12)16/h1-11,17-18,21H,20H2/t17-,18-/m1/s1. The molecular formula is C18H16FNO. The molecule has 0 radical (unpaired) electrons. The second-order valence-corrected chi connectivity index (χ2v) is 5.09. The minimum Gasteiger partial charge on any atom is -0.386 e. The molecule has 0 aliphatic rings. The van der Waals surface area contributed by atoms with Crippen LogP contribution in [0.3, 0.4) is 0 Å². The third-order valence-corrected chi connectivity index (χ3v) is 3.74. The molecule has 3 aromatic rings. The lowest BCUT2D eigenvalue weighted by Crippen LogP contribution is -2.19. The second-order valence-electron chi connectivity index (χ2n) is 5.09. The topological polar surface area (TPSA) is 46.2 Å². The summed E-state index contributed by atoms with van der Waals surface area (Å²) in [6.45, 7) is 0. The van der Waals surface area contributed by atoms with Gasteiger partial charge < -0.3 is 10.8 Å². The van der Waals surface area contributed by atoms with Gasteiger partial charge in [0.1, 0.15) is 5.82 Å². The van der Waals surface area contributed by atoms with Crippen LogP contribution in [0.5, 0.6) is 0 Å². The van der Waals surface area contributed by atoms with E-state index in [0.29, 0.717) is 5.56 Å². The first-order valence-electron chi connectivity index (χ1n) is 6.83. The zero-order valence-corrected chi connectivity index (χ0v) is 11.4. The van der Waals surface area contributed by atoms with Gasteiger partial charge in [0.25, 0.3) is 0 Å². The lowest BCUT2D eigenvalue weighted by molar-refractivity contribution is 0.148. The van der Waals surface area contributed by atoms with Crippen molar-refractivity contribution in [1.82, 2.24) is 0 Å². The molecule has 0 fully saturated rings. The minimum absolute atomic E-state index is 0.314. The number of aliphatic hydroxyl groups is 1. The predicted molar refractivity (Wildman–Crippen MR) is 82.2 cm³/mol. The van der Waals surface area contributed by atoms with Crippen molar-refractivity contribution >= 4 is 10.8 Å². The van der Waals surface area contributed by atoms with Crippen LogP contribution >= 0.6 is 0 Å². The number of aliphatic hydroxyl groups excluding tert-OH is 1. The van der Waals surface area contributed by atoms with Crippen LogP contribution in [-0.2, 0) is 0 Å². The van der Waals surface area contributed by atoms with Crippen LogP contribution in [0.2, 0.25) is 0 Å². The number of hydrogen-bond acceptors (Lipinski definition) is 2. The summed E-state index contributed by atoms with van der Waals surface area (Å²) in [5.41, 5.74) is 7.63. The van der Waals surface area contributed by atoms with Gasteiger partial charge >= 0.3 is 0 Å². The van der Waals surface area contributed by atoms with Crippen LogP contribution in [-0.4, -0.2) is 5.11 Å². The van der Waals surface area contributed by atoms with Crippen molar-refractivity contribution in [2.45, 2.75) is 12.1 Å². The highest BCUT2D eigenvalue weighted by molar-refractivity contribution is 5.86. The van der Waals surface area contributed by atoms with E-state index in [9.17, 15) is 9.50 Å². The summed E-state index contributed by atoms with van der Waals surface area (Å²) in [6, 6.07) is 18.9. The van der Waals surface area contributed by atoms with E-state index in [1.165, 1.54) is 12.1 Å². The number of rotatable bonds is 3. The molecule has 0 bridgehead atoms. The first-order valence-corrected chi connectivity index (χ1v) is 6.83. The molecule has 2 atom stereocenters. The Kier molecular flexibility index (Phi) is 3.69. The summed E-state index contributed by atoms with van der Waals surface area (Å²) in [4.78, 5) is 0. The molecule has 3 heteroatoms. The maximum Gasteiger partial charge on any atom is 0.123 e. The average molecular weight is 281 g/mol. The lowest BCUT2D eigenvalue weighted by atomic mass is 9.93. The third kappa shape index (κ3) is 2.66. The molecule has 0 spiro atoms. The predicted octanol–water partition coefficient (Wildman–Crippen LogP) is 3.71. The van der Waals surface area contributed by atoms with Gasteiger partial charge in [0.15, 0.2) is 0 Å². The molecule has 0 saturated heterocycles. The molecule has 0 heterocycles. The third-order valence-electron chi connectivity index (χ3n) is 3.74. The normalized spacial score (nSPS) is 14.0. The molecule has 2 nitrogen and oxygen atoms in total. The fraction of sp³-hybridized carbons (Fsp3) is 0.111. The molecule has 0 aromatic heterocycles. The number of nitrogens with two attached hydrogens (primary N) is 1. The SMILES string of the molecule is N[C@H](c1ccc(F)cc1)[C@H](O)c1cccc2ccccc12. The maximum absolute atomic E-state index is 13.0. The average Bonchev–Trinajstić information content (AvgIpc) is 2.53. The van der Waals surface area contributed by atoms with E-state index in [4.69, 9.17) is 5.73 Å². The van der Waals surface area contributed by atoms with Gasteiger partial charge in [-0.2, -0.15) is 0 Å². The zero-order valence-electron chi connectivity index (χ0n) is 11.4. The Hall–Kier alpha value is -2.23. The van der Waals surface area contributed by atoms with Crippen molar-refractivity contribution in [3.05, 3.63) is 83.7 Å². The highest BCUT2D eigenvalue weighted by atomic mass is 19.1. The van der Waals surface area contributed by atoms with E-state index in [1.807, 2.05) is 42.5 Å². The van der Waals surface area contributed by atoms with Crippen LogP contribution in [0.4, 0.5) is 4.39 Å². The van der Waals surface area contributed by atoms with Crippen molar-refractivity contribution in [3.8, 4) is 0 Å². The van der Waals surface area contributed by atoms with Gasteiger partial charge in [0.2, 0.25) is 0 Å². The Labute approximate surface area is 122 Å². The van der Waals surface area contributed by atoms with E-state index in [1.54, 1.807) is 12.1 Å². The van der Waals surface area contributed by atoms with Gasteiger partial charge in [0, 0.05) is 0 Å². The van der Waals surface area contributed by atoms with E-state index < -0.39 is 12.1 Å². The zero-order chi connectivity index (χ0) is 14.8. The van der Waals surface area contributed by atoms with Crippen molar-refractivity contribution in [2.75, 3.05) is 0 Å². The van der Waals surface area contributed by atoms with Gasteiger partial charge in [-0.3, -0.25) is 0 Å². The Morgan fingerprint density at radius 2 is 1.52 bits per heavy atom. The minimum atomic E-state index is -0.846. The summed E-state index contributed by atoms with van der Waals surface area (Å²) in [6.07, 6.45) is -0.846. The van der Waals surface area contributed by atoms with E-state index in [-0.39, 0.29) is 5.82 Å². The molecule has 0 unspecified atom stereocenters. The molecule has 21 heavy (non-hydrogen) atoms. The fourth-order valence-corrected chi connectivity index (χ4v) is 2.57. The Morgan fingerprint density at radius 1 is 0.857 bits per heavy atom. The highest BCUT2D eigenvalue weighted by Crippen LogP contribution is 2.31. The Balaban J connectivity index is 2.00. The van der Waals surface area contributed by atoms with Gasteiger partial charge in [-0.05, 0) is 34.0 Å². The molecule has 0 aliphatic heterocycles. The molecule has 3 N–H and O–H groups in total. The Morgan fingerprint density at radius 3 is 2.29 bits per heavy atom. The van der Waals surface area contributed by atoms with Crippen molar-refractivity contribution in [1.29, 1.82) is 0 Å². The van der Waals surface area contributed by atoms with E-state index in [2.05, 4.69) is 0 Å². The first-order chi connectivity index (χ1) is 10.2. The van der Waals surface area contributed by atoms with Gasteiger partial charge in [-0.15, -0.1) is 0 Å². The van der Waals surface area contributed by atoms with Crippen LogP contribution in [0.25, 0.3) is 10.8 Å². The van der Waals surface area contributed by atoms with Gasteiger partial charge in [0.05, 0.1) is 12.1 Å². The fourth-order valence-electron chi connectivity index (χ4n) is 2.57. The molecule has 0 saturated carbocycles. The summed E-state index contributed by atoms with van der Waals surface area (Å²) in [7, 11) is 0. The van der Waals surface area contributed by atoms with Crippen molar-refractivity contribution in [3.63, 3.8) is 0 Å². The van der Waals surface area contributed by atoms with Gasteiger partial charge in [-0.1, -0.05) is 54.6 Å². The lowest BCUT2D eigenvalue weighted by Gasteiger charge is -2.21. The summed E-state index contributed by atoms with van der Waals surface area (Å²) in [5, 5.41) is 12.6. The number of fused-ring (bicyclic) bond motifs is 1. The van der Waals surface area contributed by atoms with Crippen LogP contribution in [0, 0.1) is 5.82 Å². The number of halogens is 1. The molecular weight excluding hydrogens is 265 g/mol. The second kappa shape index (κ2) is 5.64. The van der Waals surface area contributed by atoms with E-state index >= 15 is 0 Å².